The van der Waals surface area contributed by atoms with Crippen LogP contribution in [0.5, 0.6) is 0 Å². The minimum Gasteiger partial charge on any atom is -0.143 e. The van der Waals surface area contributed by atoms with Crippen molar-refractivity contribution in [2.24, 2.45) is 0 Å². The summed E-state index contributed by atoms with van der Waals surface area (Å²) < 4.78 is 5.03. The molecular formula is C14H9Br3S2. The van der Waals surface area contributed by atoms with Crippen LogP contribution in [0.25, 0.3) is 9.40 Å². The van der Waals surface area contributed by atoms with Crippen molar-refractivity contribution in [2.75, 3.05) is 0 Å². The van der Waals surface area contributed by atoms with Gasteiger partial charge in [-0.15, -0.1) is 22.7 Å². The maximum atomic E-state index is 3.83. The average Bonchev–Trinajstić information content (AvgIpc) is 2.93. The molecule has 0 radical (unpaired) electrons. The highest BCUT2D eigenvalue weighted by Crippen LogP contribution is 2.43. The van der Waals surface area contributed by atoms with Crippen LogP contribution in [0.1, 0.15) is 20.8 Å². The van der Waals surface area contributed by atoms with Gasteiger partial charge >= 0.3 is 0 Å². The second kappa shape index (κ2) is 5.60. The zero-order valence-electron chi connectivity index (χ0n) is 9.91. The molecule has 0 aliphatic carbocycles. The van der Waals surface area contributed by atoms with Crippen molar-refractivity contribution in [2.45, 2.75) is 11.8 Å². The van der Waals surface area contributed by atoms with E-state index in [2.05, 4.69) is 84.4 Å². The van der Waals surface area contributed by atoms with Crippen LogP contribution in [0.2, 0.25) is 0 Å². The molecule has 0 aliphatic heterocycles. The van der Waals surface area contributed by atoms with E-state index in [0.717, 1.165) is 8.95 Å². The number of aryl methyl sites for hydroxylation is 1. The van der Waals surface area contributed by atoms with Gasteiger partial charge in [-0.1, -0.05) is 47.8 Å². The zero-order valence-corrected chi connectivity index (χ0v) is 16.3. The molecule has 0 saturated carbocycles. The summed E-state index contributed by atoms with van der Waals surface area (Å²) in [6.07, 6.45) is 0. The average molecular weight is 481 g/mol. The maximum Gasteiger partial charge on any atom is 0.0750 e. The lowest BCUT2D eigenvalue weighted by molar-refractivity contribution is 1.19. The van der Waals surface area contributed by atoms with Gasteiger partial charge in [0.05, 0.1) is 4.83 Å². The molecule has 98 valence electrons. The lowest BCUT2D eigenvalue weighted by Gasteiger charge is -2.12. The highest BCUT2D eigenvalue weighted by molar-refractivity contribution is 9.11. The van der Waals surface area contributed by atoms with Crippen molar-refractivity contribution in [1.29, 1.82) is 0 Å². The lowest BCUT2D eigenvalue weighted by atomic mass is 10.1. The predicted molar refractivity (Wildman–Crippen MR) is 97.1 cm³/mol. The third kappa shape index (κ3) is 2.72. The molecule has 2 heterocycles. The van der Waals surface area contributed by atoms with Crippen LogP contribution in [0, 0.1) is 6.92 Å². The first-order chi connectivity index (χ1) is 9.06. The Kier molecular flexibility index (Phi) is 4.21. The number of alkyl halides is 1. The number of fused-ring (bicyclic) bond motifs is 1. The highest BCUT2D eigenvalue weighted by atomic mass is 79.9. The second-order valence-electron chi connectivity index (χ2n) is 4.28. The fourth-order valence-electron chi connectivity index (χ4n) is 1.92. The molecule has 1 unspecified atom stereocenters. The van der Waals surface area contributed by atoms with E-state index in [4.69, 9.17) is 0 Å². The monoisotopic (exact) mass is 478 g/mol. The van der Waals surface area contributed by atoms with Crippen molar-refractivity contribution in [1.82, 2.24) is 0 Å². The van der Waals surface area contributed by atoms with Crippen molar-refractivity contribution in [3.8, 4) is 0 Å². The SMILES string of the molecule is Cc1cc(Br)c(C(Br)c2cc3sccc3s2)cc1Br. The lowest BCUT2D eigenvalue weighted by Crippen LogP contribution is -1.93. The third-order valence-corrected chi connectivity index (χ3v) is 7.95. The molecule has 5 heteroatoms. The number of rotatable bonds is 2. The summed E-state index contributed by atoms with van der Waals surface area (Å²) in [5.74, 6) is 0. The summed E-state index contributed by atoms with van der Waals surface area (Å²) in [5, 5.41) is 2.15. The molecule has 0 saturated heterocycles. The molecule has 3 aromatic rings. The molecule has 2 aromatic heterocycles. The normalized spacial score (nSPS) is 13.1. The number of benzene rings is 1. The number of hydrogen-bond acceptors (Lipinski definition) is 2. The molecule has 1 aromatic carbocycles. The zero-order chi connectivity index (χ0) is 13.6. The summed E-state index contributed by atoms with van der Waals surface area (Å²) in [6, 6.07) is 8.81. The Bertz CT molecular complexity index is 714. The smallest absolute Gasteiger partial charge is 0.0750 e. The Hall–Kier alpha value is 0.320. The van der Waals surface area contributed by atoms with E-state index >= 15 is 0 Å². The van der Waals surface area contributed by atoms with Gasteiger partial charge in [0, 0.05) is 23.2 Å². The van der Waals surface area contributed by atoms with Gasteiger partial charge < -0.3 is 0 Å². The molecule has 0 bridgehead atoms. The minimum atomic E-state index is 0.225. The van der Waals surface area contributed by atoms with Gasteiger partial charge in [-0.3, -0.25) is 0 Å². The van der Waals surface area contributed by atoms with Crippen LogP contribution in [-0.4, -0.2) is 0 Å². The first kappa shape index (κ1) is 14.3. The fraction of sp³-hybridized carbons (Fsp3) is 0.143. The molecular weight excluding hydrogens is 472 g/mol. The standard InChI is InChI=1S/C14H9Br3S2/c1-7-4-10(16)8(5-9(7)15)14(17)13-6-12-11(19-13)2-3-18-12/h2-6,14H,1H3. The van der Waals surface area contributed by atoms with Crippen molar-refractivity contribution < 1.29 is 0 Å². The van der Waals surface area contributed by atoms with E-state index in [1.54, 1.807) is 11.3 Å². The van der Waals surface area contributed by atoms with Gasteiger partial charge in [0.15, 0.2) is 0 Å². The fourth-order valence-corrected chi connectivity index (χ4v) is 6.18. The van der Waals surface area contributed by atoms with Crippen LogP contribution in [0.4, 0.5) is 0 Å². The van der Waals surface area contributed by atoms with E-state index in [9.17, 15) is 0 Å². The highest BCUT2D eigenvalue weighted by Gasteiger charge is 2.17. The van der Waals surface area contributed by atoms with Crippen LogP contribution in [0.3, 0.4) is 0 Å². The summed E-state index contributed by atoms with van der Waals surface area (Å²) >= 11 is 14.8. The van der Waals surface area contributed by atoms with Gasteiger partial charge in [-0.25, -0.2) is 0 Å². The molecule has 0 aliphatic rings. The largest absolute Gasteiger partial charge is 0.143 e. The molecule has 0 fully saturated rings. The van der Waals surface area contributed by atoms with Gasteiger partial charge in [-0.2, -0.15) is 0 Å². The van der Waals surface area contributed by atoms with Crippen molar-refractivity contribution >= 4 is 79.9 Å². The number of hydrogen-bond donors (Lipinski definition) is 0. The number of halogens is 3. The minimum absolute atomic E-state index is 0.225. The first-order valence-corrected chi connectivity index (χ1v) is 9.82. The van der Waals surface area contributed by atoms with Crippen molar-refractivity contribution in [3.05, 3.63) is 54.6 Å². The maximum absolute atomic E-state index is 3.83. The van der Waals surface area contributed by atoms with Crippen LogP contribution >= 0.6 is 70.5 Å². The Labute approximate surface area is 145 Å². The molecule has 0 nitrogen and oxygen atoms in total. The van der Waals surface area contributed by atoms with Crippen molar-refractivity contribution in [3.63, 3.8) is 0 Å². The molecule has 0 amide bonds. The van der Waals surface area contributed by atoms with Crippen LogP contribution in [-0.2, 0) is 0 Å². The summed E-state index contributed by atoms with van der Waals surface area (Å²) in [6.45, 7) is 2.10. The Morgan fingerprint density at radius 1 is 1.05 bits per heavy atom. The van der Waals surface area contributed by atoms with E-state index in [-0.39, 0.29) is 4.83 Å². The Morgan fingerprint density at radius 3 is 2.58 bits per heavy atom. The number of thiophene rings is 2. The van der Waals surface area contributed by atoms with Crippen LogP contribution < -0.4 is 0 Å². The molecule has 19 heavy (non-hydrogen) atoms. The van der Waals surface area contributed by atoms with Crippen LogP contribution in [0.15, 0.2) is 38.6 Å². The summed E-state index contributed by atoms with van der Waals surface area (Å²) in [4.78, 5) is 1.57. The molecule has 3 rings (SSSR count). The van der Waals surface area contributed by atoms with Gasteiger partial charge in [-0.05, 0) is 47.7 Å². The van der Waals surface area contributed by atoms with E-state index in [1.807, 2.05) is 11.3 Å². The Morgan fingerprint density at radius 2 is 1.84 bits per heavy atom. The van der Waals surface area contributed by atoms with E-state index in [0.29, 0.717) is 0 Å². The topological polar surface area (TPSA) is 0 Å². The summed E-state index contributed by atoms with van der Waals surface area (Å²) in [5.41, 5.74) is 2.49. The Balaban J connectivity index is 2.06. The molecule has 1 atom stereocenters. The van der Waals surface area contributed by atoms with E-state index in [1.165, 1.54) is 25.4 Å². The van der Waals surface area contributed by atoms with Gasteiger partial charge in [0.1, 0.15) is 0 Å². The second-order valence-corrected chi connectivity index (χ2v) is 8.97. The van der Waals surface area contributed by atoms with E-state index < -0.39 is 0 Å². The van der Waals surface area contributed by atoms with Gasteiger partial charge in [0.25, 0.3) is 0 Å². The first-order valence-electron chi connectivity index (χ1n) is 5.63. The molecule has 0 N–H and O–H groups in total. The van der Waals surface area contributed by atoms with Gasteiger partial charge in [0.2, 0.25) is 0 Å². The predicted octanol–water partition coefficient (Wildman–Crippen LogP) is 7.28. The summed E-state index contributed by atoms with van der Waals surface area (Å²) in [7, 11) is 0. The third-order valence-electron chi connectivity index (χ3n) is 2.96. The quantitative estimate of drug-likeness (QED) is 0.338. The molecule has 0 spiro atoms.